The number of likely N-dealkylation sites (tertiary alicyclic amines) is 1. The van der Waals surface area contributed by atoms with Crippen molar-refractivity contribution in [2.75, 3.05) is 25.0 Å². The van der Waals surface area contributed by atoms with E-state index in [-0.39, 0.29) is 11.2 Å². The zero-order chi connectivity index (χ0) is 18.4. The van der Waals surface area contributed by atoms with E-state index >= 15 is 0 Å². The quantitative estimate of drug-likeness (QED) is 0.726. The second-order valence-electron chi connectivity index (χ2n) is 6.62. The van der Waals surface area contributed by atoms with Gasteiger partial charge in [-0.05, 0) is 44.6 Å². The molecule has 1 aliphatic rings. The van der Waals surface area contributed by atoms with Crippen molar-refractivity contribution in [3.05, 3.63) is 35.9 Å². The fourth-order valence-corrected chi connectivity index (χ4v) is 5.29. The van der Waals surface area contributed by atoms with Crippen molar-refractivity contribution in [2.24, 2.45) is 5.92 Å². The average Bonchev–Trinajstić information content (AvgIpc) is 3.10. The highest BCUT2D eigenvalue weighted by Crippen LogP contribution is 2.30. The van der Waals surface area contributed by atoms with Crippen molar-refractivity contribution in [1.82, 2.24) is 15.1 Å². The highest BCUT2D eigenvalue weighted by atomic mass is 32.2. The predicted octanol–water partition coefficient (Wildman–Crippen LogP) is 3.93. The zero-order valence-corrected chi connectivity index (χ0v) is 17.0. The summed E-state index contributed by atoms with van der Waals surface area (Å²) in [7, 11) is 0. The van der Waals surface area contributed by atoms with E-state index < -0.39 is 0 Å². The standard InChI is InChI=1S/C19H26N4OS2/c1-3-20-18-21-22-19(26-18)25-14(2)17(24)23-11-9-16(10-12-23)13-15-7-5-4-6-8-15/h4-8,14,16H,3,9-13H2,1-2H3,(H,20,21)/t14-/m1/s1. The number of anilines is 1. The van der Waals surface area contributed by atoms with Crippen molar-refractivity contribution in [3.63, 3.8) is 0 Å². The fraction of sp³-hybridized carbons (Fsp3) is 0.526. The molecule has 0 radical (unpaired) electrons. The van der Waals surface area contributed by atoms with Gasteiger partial charge in [-0.3, -0.25) is 4.79 Å². The summed E-state index contributed by atoms with van der Waals surface area (Å²) in [6, 6.07) is 10.6. The molecule has 1 aromatic carbocycles. The van der Waals surface area contributed by atoms with Gasteiger partial charge in [0.1, 0.15) is 0 Å². The number of carbonyl (C=O) groups excluding carboxylic acids is 1. The molecule has 1 amide bonds. The van der Waals surface area contributed by atoms with Gasteiger partial charge in [-0.25, -0.2) is 0 Å². The predicted molar refractivity (Wildman–Crippen MR) is 109 cm³/mol. The van der Waals surface area contributed by atoms with Crippen LogP contribution >= 0.6 is 23.1 Å². The molecule has 1 aromatic heterocycles. The van der Waals surface area contributed by atoms with Gasteiger partial charge in [0.05, 0.1) is 5.25 Å². The number of hydrogen-bond donors (Lipinski definition) is 1. The molecular formula is C19H26N4OS2. The summed E-state index contributed by atoms with van der Waals surface area (Å²) in [4.78, 5) is 14.8. The summed E-state index contributed by atoms with van der Waals surface area (Å²) in [5.41, 5.74) is 1.40. The molecule has 1 N–H and O–H groups in total. The number of thioether (sulfide) groups is 1. The number of hydrogen-bond acceptors (Lipinski definition) is 6. The fourth-order valence-electron chi connectivity index (χ4n) is 3.24. The Hall–Kier alpha value is -1.60. The number of benzene rings is 1. The smallest absolute Gasteiger partial charge is 0.235 e. The Labute approximate surface area is 163 Å². The Balaban J connectivity index is 1.46. The van der Waals surface area contributed by atoms with Crippen LogP contribution in [0.25, 0.3) is 0 Å². The molecule has 3 rings (SSSR count). The molecule has 0 aliphatic carbocycles. The SMILES string of the molecule is CCNc1nnc(S[C@H](C)C(=O)N2CCC(Cc3ccccc3)CC2)s1. The molecule has 26 heavy (non-hydrogen) atoms. The second-order valence-corrected chi connectivity index (χ2v) is 9.19. The van der Waals surface area contributed by atoms with E-state index in [1.807, 2.05) is 18.7 Å². The van der Waals surface area contributed by atoms with Crippen molar-refractivity contribution < 1.29 is 4.79 Å². The Morgan fingerprint density at radius 1 is 1.31 bits per heavy atom. The molecule has 0 bridgehead atoms. The van der Waals surface area contributed by atoms with Gasteiger partial charge in [0.25, 0.3) is 0 Å². The average molecular weight is 391 g/mol. The maximum absolute atomic E-state index is 12.7. The highest BCUT2D eigenvalue weighted by molar-refractivity contribution is 8.02. The minimum Gasteiger partial charge on any atom is -0.360 e. The second kappa shape index (κ2) is 9.37. The van der Waals surface area contributed by atoms with Crippen LogP contribution in [-0.2, 0) is 11.2 Å². The Kier molecular flexibility index (Phi) is 6.91. The monoisotopic (exact) mass is 390 g/mol. The van der Waals surface area contributed by atoms with Gasteiger partial charge in [-0.15, -0.1) is 10.2 Å². The molecule has 2 heterocycles. The van der Waals surface area contributed by atoms with Gasteiger partial charge in [0.2, 0.25) is 11.0 Å². The first-order chi connectivity index (χ1) is 12.7. The van der Waals surface area contributed by atoms with Gasteiger partial charge in [0, 0.05) is 19.6 Å². The number of carbonyl (C=O) groups is 1. The van der Waals surface area contributed by atoms with Crippen LogP contribution in [0, 0.1) is 5.92 Å². The van der Waals surface area contributed by atoms with Crippen LogP contribution in [0.1, 0.15) is 32.3 Å². The number of amides is 1. The van der Waals surface area contributed by atoms with Gasteiger partial charge >= 0.3 is 0 Å². The third-order valence-corrected chi connectivity index (χ3v) is 6.71. The van der Waals surface area contributed by atoms with E-state index in [2.05, 4.69) is 45.8 Å². The van der Waals surface area contributed by atoms with Crippen LogP contribution < -0.4 is 5.32 Å². The van der Waals surface area contributed by atoms with E-state index in [1.54, 1.807) is 0 Å². The van der Waals surface area contributed by atoms with Crippen molar-refractivity contribution >= 4 is 34.1 Å². The first-order valence-electron chi connectivity index (χ1n) is 9.22. The number of rotatable bonds is 7. The minimum absolute atomic E-state index is 0.122. The van der Waals surface area contributed by atoms with E-state index in [9.17, 15) is 4.79 Å². The van der Waals surface area contributed by atoms with Crippen LogP contribution in [0.15, 0.2) is 34.7 Å². The maximum Gasteiger partial charge on any atom is 0.235 e. The molecule has 1 saturated heterocycles. The Morgan fingerprint density at radius 3 is 2.73 bits per heavy atom. The molecule has 7 heteroatoms. The summed E-state index contributed by atoms with van der Waals surface area (Å²) >= 11 is 3.02. The van der Waals surface area contributed by atoms with E-state index in [1.165, 1.54) is 28.7 Å². The lowest BCUT2D eigenvalue weighted by molar-refractivity contribution is -0.131. The summed E-state index contributed by atoms with van der Waals surface area (Å²) in [6.07, 6.45) is 3.29. The Morgan fingerprint density at radius 2 is 2.04 bits per heavy atom. The molecule has 0 unspecified atom stereocenters. The molecular weight excluding hydrogens is 364 g/mol. The highest BCUT2D eigenvalue weighted by Gasteiger charge is 2.27. The summed E-state index contributed by atoms with van der Waals surface area (Å²) in [5, 5.41) is 12.1. The molecule has 0 saturated carbocycles. The first-order valence-corrected chi connectivity index (χ1v) is 10.9. The molecule has 0 spiro atoms. The summed E-state index contributed by atoms with van der Waals surface area (Å²) in [6.45, 7) is 6.55. The molecule has 140 valence electrons. The van der Waals surface area contributed by atoms with Gasteiger partial charge < -0.3 is 10.2 Å². The first kappa shape index (κ1) is 19.2. The van der Waals surface area contributed by atoms with Crippen molar-refractivity contribution in [1.29, 1.82) is 0 Å². The summed E-state index contributed by atoms with van der Waals surface area (Å²) in [5.74, 6) is 0.892. The lowest BCUT2D eigenvalue weighted by Gasteiger charge is -2.33. The van der Waals surface area contributed by atoms with Crippen LogP contribution in [0.2, 0.25) is 0 Å². The van der Waals surface area contributed by atoms with E-state index in [0.717, 1.165) is 48.4 Å². The van der Waals surface area contributed by atoms with Crippen LogP contribution in [0.3, 0.4) is 0 Å². The van der Waals surface area contributed by atoms with E-state index in [4.69, 9.17) is 0 Å². The Bertz CT molecular complexity index is 699. The van der Waals surface area contributed by atoms with Gasteiger partial charge in [-0.1, -0.05) is 53.4 Å². The molecule has 2 aromatic rings. The minimum atomic E-state index is -0.122. The third kappa shape index (κ3) is 5.20. The van der Waals surface area contributed by atoms with Gasteiger partial charge in [-0.2, -0.15) is 0 Å². The molecule has 5 nitrogen and oxygen atoms in total. The van der Waals surface area contributed by atoms with Crippen LogP contribution in [0.5, 0.6) is 0 Å². The number of piperidine rings is 1. The van der Waals surface area contributed by atoms with Crippen LogP contribution in [-0.4, -0.2) is 45.9 Å². The van der Waals surface area contributed by atoms with Crippen molar-refractivity contribution in [2.45, 2.75) is 42.7 Å². The zero-order valence-electron chi connectivity index (χ0n) is 15.4. The maximum atomic E-state index is 12.7. The summed E-state index contributed by atoms with van der Waals surface area (Å²) < 4.78 is 0.848. The lowest BCUT2D eigenvalue weighted by Crippen LogP contribution is -2.42. The topological polar surface area (TPSA) is 58.1 Å². The van der Waals surface area contributed by atoms with Gasteiger partial charge in [0.15, 0.2) is 4.34 Å². The normalized spacial score (nSPS) is 16.5. The van der Waals surface area contributed by atoms with Crippen LogP contribution in [0.4, 0.5) is 5.13 Å². The van der Waals surface area contributed by atoms with E-state index in [0.29, 0.717) is 5.92 Å². The largest absolute Gasteiger partial charge is 0.360 e. The third-order valence-electron chi connectivity index (χ3n) is 4.65. The number of aromatic nitrogens is 2. The molecule has 1 aliphatic heterocycles. The lowest BCUT2D eigenvalue weighted by atomic mass is 9.90. The molecule has 1 fully saturated rings. The number of nitrogens with zero attached hydrogens (tertiary/aromatic N) is 3. The number of nitrogens with one attached hydrogen (secondary N) is 1. The molecule has 1 atom stereocenters. The van der Waals surface area contributed by atoms with Crippen molar-refractivity contribution in [3.8, 4) is 0 Å².